The Morgan fingerprint density at radius 3 is 2.61 bits per heavy atom. The maximum absolute atomic E-state index is 12.5. The Bertz CT molecular complexity index is 638. The molecule has 5 nitrogen and oxygen atoms in total. The lowest BCUT2D eigenvalue weighted by molar-refractivity contribution is 0.154. The quantitative estimate of drug-likeness (QED) is 0.767. The SMILES string of the molecule is CC(CO)(NC(=O)NC(c1ccccc1)c1ccco1)C1CC1. The summed E-state index contributed by atoms with van der Waals surface area (Å²) in [6.45, 7) is 1.82. The number of amides is 2. The molecule has 2 atom stereocenters. The van der Waals surface area contributed by atoms with Gasteiger partial charge in [-0.05, 0) is 43.4 Å². The first kappa shape index (κ1) is 15.6. The number of hydrogen-bond donors (Lipinski definition) is 3. The topological polar surface area (TPSA) is 74.5 Å². The van der Waals surface area contributed by atoms with Gasteiger partial charge in [-0.15, -0.1) is 0 Å². The summed E-state index contributed by atoms with van der Waals surface area (Å²) in [7, 11) is 0. The molecule has 2 aromatic rings. The molecule has 1 aromatic carbocycles. The van der Waals surface area contributed by atoms with Crippen molar-refractivity contribution in [2.45, 2.75) is 31.3 Å². The lowest BCUT2D eigenvalue weighted by atomic mass is 9.97. The number of carbonyl (C=O) groups excluding carboxylic acids is 1. The van der Waals surface area contributed by atoms with Gasteiger partial charge in [-0.25, -0.2) is 4.79 Å². The van der Waals surface area contributed by atoms with Crippen LogP contribution >= 0.6 is 0 Å². The highest BCUT2D eigenvalue weighted by Crippen LogP contribution is 2.39. The molecule has 1 fully saturated rings. The minimum atomic E-state index is -0.575. The fourth-order valence-corrected chi connectivity index (χ4v) is 2.84. The second-order valence-electron chi connectivity index (χ2n) is 6.31. The van der Waals surface area contributed by atoms with Crippen molar-refractivity contribution < 1.29 is 14.3 Å². The molecule has 2 amide bonds. The van der Waals surface area contributed by atoms with Crippen molar-refractivity contribution in [3.63, 3.8) is 0 Å². The van der Waals surface area contributed by atoms with Gasteiger partial charge < -0.3 is 20.2 Å². The van der Waals surface area contributed by atoms with E-state index in [4.69, 9.17) is 4.42 Å². The number of carbonyl (C=O) groups is 1. The summed E-state index contributed by atoms with van der Waals surface area (Å²) >= 11 is 0. The van der Waals surface area contributed by atoms with Crippen LogP contribution in [0.25, 0.3) is 0 Å². The van der Waals surface area contributed by atoms with Crippen molar-refractivity contribution in [3.05, 3.63) is 60.1 Å². The zero-order valence-electron chi connectivity index (χ0n) is 13.2. The van der Waals surface area contributed by atoms with Crippen LogP contribution < -0.4 is 10.6 Å². The minimum absolute atomic E-state index is 0.0676. The highest BCUT2D eigenvalue weighted by atomic mass is 16.3. The van der Waals surface area contributed by atoms with Crippen LogP contribution in [-0.4, -0.2) is 23.3 Å². The van der Waals surface area contributed by atoms with Crippen LogP contribution in [0.2, 0.25) is 0 Å². The van der Waals surface area contributed by atoms with E-state index in [1.807, 2.05) is 43.3 Å². The van der Waals surface area contributed by atoms with E-state index in [1.165, 1.54) is 0 Å². The van der Waals surface area contributed by atoms with Gasteiger partial charge >= 0.3 is 6.03 Å². The first-order valence-electron chi connectivity index (χ1n) is 7.90. The van der Waals surface area contributed by atoms with Crippen molar-refractivity contribution in [2.24, 2.45) is 5.92 Å². The third-order valence-electron chi connectivity index (χ3n) is 4.44. The average Bonchev–Trinajstić information content (AvgIpc) is 3.30. The lowest BCUT2D eigenvalue weighted by Crippen LogP contribution is -2.54. The number of rotatable bonds is 6. The Kier molecular flexibility index (Phi) is 4.39. The van der Waals surface area contributed by atoms with Gasteiger partial charge in [0, 0.05) is 0 Å². The molecule has 23 heavy (non-hydrogen) atoms. The molecule has 0 saturated heterocycles. The molecule has 3 rings (SSSR count). The highest BCUT2D eigenvalue weighted by molar-refractivity contribution is 5.76. The number of furan rings is 1. The van der Waals surface area contributed by atoms with E-state index in [9.17, 15) is 9.90 Å². The number of hydrogen-bond acceptors (Lipinski definition) is 3. The van der Waals surface area contributed by atoms with Gasteiger partial charge in [-0.2, -0.15) is 0 Å². The Balaban J connectivity index is 1.75. The second kappa shape index (κ2) is 6.46. The Hall–Kier alpha value is -2.27. The van der Waals surface area contributed by atoms with E-state index < -0.39 is 5.54 Å². The molecule has 5 heteroatoms. The van der Waals surface area contributed by atoms with E-state index >= 15 is 0 Å². The molecule has 1 aromatic heterocycles. The molecule has 1 saturated carbocycles. The molecule has 0 radical (unpaired) electrons. The molecule has 1 heterocycles. The average molecular weight is 314 g/mol. The summed E-state index contributed by atoms with van der Waals surface area (Å²) in [6.07, 6.45) is 3.67. The second-order valence-corrected chi connectivity index (χ2v) is 6.31. The summed E-state index contributed by atoms with van der Waals surface area (Å²) in [6, 6.07) is 12.6. The smallest absolute Gasteiger partial charge is 0.316 e. The maximum atomic E-state index is 12.5. The van der Waals surface area contributed by atoms with Crippen molar-refractivity contribution in [3.8, 4) is 0 Å². The molecular weight excluding hydrogens is 292 g/mol. The Labute approximate surface area is 135 Å². The molecule has 3 N–H and O–H groups in total. The van der Waals surface area contributed by atoms with Gasteiger partial charge in [-0.1, -0.05) is 30.3 Å². The van der Waals surface area contributed by atoms with Gasteiger partial charge in [-0.3, -0.25) is 0 Å². The van der Waals surface area contributed by atoms with Crippen LogP contribution in [0.1, 0.15) is 37.1 Å². The minimum Gasteiger partial charge on any atom is -0.467 e. The molecular formula is C18H22N2O3. The van der Waals surface area contributed by atoms with Crippen LogP contribution in [0.15, 0.2) is 53.1 Å². The predicted octanol–water partition coefficient (Wildman–Crippen LogP) is 2.83. The third kappa shape index (κ3) is 3.56. The van der Waals surface area contributed by atoms with Gasteiger partial charge in [0.05, 0.1) is 18.4 Å². The van der Waals surface area contributed by atoms with Crippen LogP contribution in [-0.2, 0) is 0 Å². The number of urea groups is 1. The van der Waals surface area contributed by atoms with Crippen molar-refractivity contribution in [1.29, 1.82) is 0 Å². The monoisotopic (exact) mass is 314 g/mol. The summed E-state index contributed by atoms with van der Waals surface area (Å²) in [5.74, 6) is 1.01. The standard InChI is InChI=1S/C18H22N2O3/c1-18(12-21,14-9-10-14)20-17(22)19-16(15-8-5-11-23-15)13-6-3-2-4-7-13/h2-8,11,14,16,21H,9-10,12H2,1H3,(H2,19,20,22). The predicted molar refractivity (Wildman–Crippen MR) is 86.9 cm³/mol. The summed E-state index contributed by atoms with van der Waals surface area (Å²) in [4.78, 5) is 12.5. The fourth-order valence-electron chi connectivity index (χ4n) is 2.84. The van der Waals surface area contributed by atoms with E-state index in [1.54, 1.807) is 12.3 Å². The molecule has 0 spiro atoms. The van der Waals surface area contributed by atoms with E-state index in [-0.39, 0.29) is 18.7 Å². The molecule has 1 aliphatic rings. The molecule has 1 aliphatic carbocycles. The largest absolute Gasteiger partial charge is 0.467 e. The number of nitrogens with one attached hydrogen (secondary N) is 2. The van der Waals surface area contributed by atoms with E-state index in [0.717, 1.165) is 18.4 Å². The van der Waals surface area contributed by atoms with Gasteiger partial charge in [0.25, 0.3) is 0 Å². The lowest BCUT2D eigenvalue weighted by Gasteiger charge is -2.30. The van der Waals surface area contributed by atoms with Gasteiger partial charge in [0.2, 0.25) is 0 Å². The van der Waals surface area contributed by atoms with Crippen LogP contribution in [0, 0.1) is 5.92 Å². The number of benzene rings is 1. The highest BCUT2D eigenvalue weighted by Gasteiger charge is 2.42. The fraction of sp³-hybridized carbons (Fsp3) is 0.389. The summed E-state index contributed by atoms with van der Waals surface area (Å²) < 4.78 is 5.48. The van der Waals surface area contributed by atoms with E-state index in [0.29, 0.717) is 11.7 Å². The maximum Gasteiger partial charge on any atom is 0.316 e. The molecule has 0 aliphatic heterocycles. The van der Waals surface area contributed by atoms with E-state index in [2.05, 4.69) is 10.6 Å². The number of aliphatic hydroxyl groups is 1. The van der Waals surface area contributed by atoms with Crippen LogP contribution in [0.4, 0.5) is 4.79 Å². The molecule has 122 valence electrons. The molecule has 2 unspecified atom stereocenters. The van der Waals surface area contributed by atoms with Crippen LogP contribution in [0.3, 0.4) is 0 Å². The van der Waals surface area contributed by atoms with Crippen molar-refractivity contribution >= 4 is 6.03 Å². The Morgan fingerprint density at radius 2 is 2.04 bits per heavy atom. The summed E-state index contributed by atoms with van der Waals surface area (Å²) in [5, 5.41) is 15.5. The van der Waals surface area contributed by atoms with Crippen molar-refractivity contribution in [2.75, 3.05) is 6.61 Å². The summed E-state index contributed by atoms with van der Waals surface area (Å²) in [5.41, 5.74) is 0.365. The first-order valence-corrected chi connectivity index (χ1v) is 7.90. The van der Waals surface area contributed by atoms with Gasteiger partial charge in [0.15, 0.2) is 0 Å². The van der Waals surface area contributed by atoms with Crippen LogP contribution in [0.5, 0.6) is 0 Å². The first-order chi connectivity index (χ1) is 11.1. The zero-order valence-corrected chi connectivity index (χ0v) is 13.2. The normalized spacial score (nSPS) is 18.0. The Morgan fingerprint density at radius 1 is 1.30 bits per heavy atom. The zero-order chi connectivity index (χ0) is 16.3. The van der Waals surface area contributed by atoms with Gasteiger partial charge in [0.1, 0.15) is 11.8 Å². The molecule has 0 bridgehead atoms. The third-order valence-corrected chi connectivity index (χ3v) is 4.44. The van der Waals surface area contributed by atoms with Crippen molar-refractivity contribution in [1.82, 2.24) is 10.6 Å². The number of aliphatic hydroxyl groups excluding tert-OH is 1.